The van der Waals surface area contributed by atoms with Crippen molar-refractivity contribution >= 4 is 6.72 Å². The number of nitrogens with one attached hydrogen (secondary N) is 1. The largest absolute Gasteiger partial charge is 0.387 e. The van der Waals surface area contributed by atoms with Crippen molar-refractivity contribution < 1.29 is 0 Å². The molecule has 0 aromatic heterocycles. The fourth-order valence-electron chi connectivity index (χ4n) is 0.873. The minimum Gasteiger partial charge on any atom is -0.387 e. The lowest BCUT2D eigenvalue weighted by Crippen LogP contribution is -2.06. The zero-order valence-corrected chi connectivity index (χ0v) is 7.52. The van der Waals surface area contributed by atoms with E-state index in [4.69, 9.17) is 0 Å². The zero-order valence-electron chi connectivity index (χ0n) is 7.52. The van der Waals surface area contributed by atoms with Gasteiger partial charge in [-0.05, 0) is 20.1 Å². The second-order valence-electron chi connectivity index (χ2n) is 2.11. The zero-order chi connectivity index (χ0) is 8.69. The Morgan fingerprint density at radius 1 is 1.64 bits per heavy atom. The Morgan fingerprint density at radius 2 is 2.27 bits per heavy atom. The third-order valence-corrected chi connectivity index (χ3v) is 1.40. The lowest BCUT2D eigenvalue weighted by atomic mass is 10.2. The highest BCUT2D eigenvalue weighted by atomic mass is 14.9. The van der Waals surface area contributed by atoms with Crippen molar-refractivity contribution in [2.24, 2.45) is 4.99 Å². The molecule has 0 aromatic rings. The van der Waals surface area contributed by atoms with Gasteiger partial charge in [-0.15, -0.1) is 0 Å². The predicted molar refractivity (Wildman–Crippen MR) is 50.7 cm³/mol. The number of rotatable bonds is 4. The summed E-state index contributed by atoms with van der Waals surface area (Å²) in [6.07, 6.45) is 5.00. The first-order chi connectivity index (χ1) is 5.29. The Balaban J connectivity index is 4.48. The summed E-state index contributed by atoms with van der Waals surface area (Å²) in [7, 11) is 1.88. The monoisotopic (exact) mass is 152 g/mol. The topological polar surface area (TPSA) is 24.4 Å². The molecule has 0 rings (SSSR count). The molecule has 1 N–H and O–H groups in total. The van der Waals surface area contributed by atoms with Crippen molar-refractivity contribution in [3.05, 3.63) is 23.5 Å². The van der Waals surface area contributed by atoms with Crippen LogP contribution in [0.25, 0.3) is 0 Å². The summed E-state index contributed by atoms with van der Waals surface area (Å²) in [5, 5.41) is 3.05. The Labute approximate surface area is 68.7 Å². The fourth-order valence-corrected chi connectivity index (χ4v) is 0.873. The second kappa shape index (κ2) is 5.71. The van der Waals surface area contributed by atoms with Gasteiger partial charge in [-0.25, -0.2) is 0 Å². The Kier molecular flexibility index (Phi) is 5.17. The number of nitrogens with zero attached hydrogens (tertiary/aromatic N) is 1. The van der Waals surface area contributed by atoms with Crippen LogP contribution in [0.15, 0.2) is 28.5 Å². The quantitative estimate of drug-likeness (QED) is 0.484. The molecule has 0 aliphatic heterocycles. The van der Waals surface area contributed by atoms with Crippen LogP contribution in [0.1, 0.15) is 20.3 Å². The van der Waals surface area contributed by atoms with Crippen molar-refractivity contribution in [3.8, 4) is 0 Å². The fraction of sp³-hybridized carbons (Fsp3) is 0.444. The van der Waals surface area contributed by atoms with Crippen LogP contribution in [-0.2, 0) is 0 Å². The standard InChI is InChI=1S/C9H16N2/c1-5-7-9(11-4)8(6-2)10-3/h6-7,10H,4-5H2,1-3H3/b8-6+,9-7+. The van der Waals surface area contributed by atoms with E-state index in [-0.39, 0.29) is 0 Å². The van der Waals surface area contributed by atoms with E-state index in [2.05, 4.69) is 24.0 Å². The molecule has 2 heteroatoms. The summed E-state index contributed by atoms with van der Waals surface area (Å²) in [5.74, 6) is 0. The first-order valence-corrected chi connectivity index (χ1v) is 3.81. The molecule has 0 aliphatic rings. The second-order valence-corrected chi connectivity index (χ2v) is 2.11. The molecule has 0 bridgehead atoms. The minimum absolute atomic E-state index is 0.928. The number of hydrogen-bond donors (Lipinski definition) is 1. The highest BCUT2D eigenvalue weighted by Gasteiger charge is 1.96. The van der Waals surface area contributed by atoms with Gasteiger partial charge in [0.25, 0.3) is 0 Å². The molecule has 0 atom stereocenters. The van der Waals surface area contributed by atoms with Crippen LogP contribution in [0.2, 0.25) is 0 Å². The first kappa shape index (κ1) is 9.95. The summed E-state index contributed by atoms with van der Waals surface area (Å²) < 4.78 is 0. The summed E-state index contributed by atoms with van der Waals surface area (Å²) in [6.45, 7) is 7.55. The van der Waals surface area contributed by atoms with Crippen molar-refractivity contribution in [2.45, 2.75) is 20.3 Å². The van der Waals surface area contributed by atoms with Crippen molar-refractivity contribution in [2.75, 3.05) is 7.05 Å². The number of hydrogen-bond acceptors (Lipinski definition) is 2. The van der Waals surface area contributed by atoms with Crippen LogP contribution < -0.4 is 5.32 Å². The average molecular weight is 152 g/mol. The van der Waals surface area contributed by atoms with E-state index < -0.39 is 0 Å². The molecule has 11 heavy (non-hydrogen) atoms. The van der Waals surface area contributed by atoms with Gasteiger partial charge in [0.05, 0.1) is 11.4 Å². The van der Waals surface area contributed by atoms with Gasteiger partial charge in [-0.3, -0.25) is 4.99 Å². The number of aliphatic imine (C=N–C) groups is 1. The molecule has 0 saturated carbocycles. The van der Waals surface area contributed by atoms with Gasteiger partial charge in [-0.2, -0.15) is 0 Å². The first-order valence-electron chi connectivity index (χ1n) is 3.81. The van der Waals surface area contributed by atoms with E-state index in [1.165, 1.54) is 0 Å². The van der Waals surface area contributed by atoms with Gasteiger partial charge < -0.3 is 5.32 Å². The van der Waals surface area contributed by atoms with Crippen LogP contribution in [-0.4, -0.2) is 13.8 Å². The molecule has 0 aliphatic carbocycles. The summed E-state index contributed by atoms with van der Waals surface area (Å²) in [4.78, 5) is 3.90. The molecule has 0 unspecified atom stereocenters. The highest BCUT2D eigenvalue weighted by molar-refractivity contribution is 5.37. The molecule has 62 valence electrons. The van der Waals surface area contributed by atoms with E-state index in [1.54, 1.807) is 0 Å². The molecule has 2 nitrogen and oxygen atoms in total. The van der Waals surface area contributed by atoms with Crippen molar-refractivity contribution in [3.63, 3.8) is 0 Å². The number of allylic oxidation sites excluding steroid dienone is 2. The normalized spacial score (nSPS) is 13.0. The third-order valence-electron chi connectivity index (χ3n) is 1.40. The Bertz CT molecular complexity index is 178. The van der Waals surface area contributed by atoms with Gasteiger partial charge in [-0.1, -0.05) is 19.1 Å². The van der Waals surface area contributed by atoms with Gasteiger partial charge in [0.2, 0.25) is 0 Å². The molecule has 0 spiro atoms. The predicted octanol–water partition coefficient (Wildman–Crippen LogP) is 2.10. The third kappa shape index (κ3) is 3.03. The molecule has 0 fully saturated rings. The lowest BCUT2D eigenvalue weighted by molar-refractivity contribution is 0.975. The van der Waals surface area contributed by atoms with Gasteiger partial charge in [0, 0.05) is 7.05 Å². The van der Waals surface area contributed by atoms with Gasteiger partial charge >= 0.3 is 0 Å². The summed E-state index contributed by atoms with van der Waals surface area (Å²) in [5.41, 5.74) is 1.96. The van der Waals surface area contributed by atoms with Crippen LogP contribution in [0.5, 0.6) is 0 Å². The molecule has 0 saturated heterocycles. The van der Waals surface area contributed by atoms with E-state index in [0.717, 1.165) is 17.8 Å². The van der Waals surface area contributed by atoms with Gasteiger partial charge in [0.15, 0.2) is 0 Å². The van der Waals surface area contributed by atoms with E-state index in [9.17, 15) is 0 Å². The maximum Gasteiger partial charge on any atom is 0.0810 e. The molecule has 0 aromatic carbocycles. The Hall–Kier alpha value is -1.05. The molecular formula is C9H16N2. The number of likely N-dealkylation sites (N-methyl/N-ethyl adjacent to an activating group) is 1. The van der Waals surface area contributed by atoms with E-state index >= 15 is 0 Å². The SMILES string of the molecule is C=NC(=C/CC)/C(=C\C)NC. The smallest absolute Gasteiger partial charge is 0.0810 e. The van der Waals surface area contributed by atoms with E-state index in [1.807, 2.05) is 26.1 Å². The summed E-state index contributed by atoms with van der Waals surface area (Å²) in [6, 6.07) is 0. The van der Waals surface area contributed by atoms with Gasteiger partial charge in [0.1, 0.15) is 0 Å². The van der Waals surface area contributed by atoms with Crippen LogP contribution in [0.3, 0.4) is 0 Å². The summed E-state index contributed by atoms with van der Waals surface area (Å²) >= 11 is 0. The van der Waals surface area contributed by atoms with Crippen molar-refractivity contribution in [1.29, 1.82) is 0 Å². The highest BCUT2D eigenvalue weighted by Crippen LogP contribution is 2.07. The van der Waals surface area contributed by atoms with Crippen molar-refractivity contribution in [1.82, 2.24) is 5.32 Å². The molecular weight excluding hydrogens is 136 g/mol. The molecule has 0 amide bonds. The van der Waals surface area contributed by atoms with Crippen LogP contribution >= 0.6 is 0 Å². The molecule has 0 radical (unpaired) electrons. The Morgan fingerprint density at radius 3 is 2.55 bits per heavy atom. The van der Waals surface area contributed by atoms with Crippen LogP contribution in [0, 0.1) is 0 Å². The van der Waals surface area contributed by atoms with E-state index in [0.29, 0.717) is 0 Å². The van der Waals surface area contributed by atoms with Crippen LogP contribution in [0.4, 0.5) is 0 Å². The minimum atomic E-state index is 0.928. The molecule has 0 heterocycles. The average Bonchev–Trinajstić information content (AvgIpc) is 2.05. The maximum atomic E-state index is 3.90. The maximum absolute atomic E-state index is 3.90. The lowest BCUT2D eigenvalue weighted by Gasteiger charge is -2.04.